The number of nitrogens with one attached hydrogen (secondary N) is 1. The molecule has 0 aliphatic carbocycles. The second-order valence-electron chi connectivity index (χ2n) is 6.67. The predicted octanol–water partition coefficient (Wildman–Crippen LogP) is 4.73. The van der Waals surface area contributed by atoms with Gasteiger partial charge in [-0.1, -0.05) is 30.3 Å². The lowest BCUT2D eigenvalue weighted by atomic mass is 10.2. The number of hydrogen-bond acceptors (Lipinski definition) is 7. The van der Waals surface area contributed by atoms with E-state index in [-0.39, 0.29) is 16.3 Å². The van der Waals surface area contributed by atoms with Crippen LogP contribution >= 0.6 is 0 Å². The first-order valence-electron chi connectivity index (χ1n) is 9.34. The standard InChI is InChI=1S/C22H17N3O6S/c1-30-17-9-12-19(20(13-17)25(26)27)24-32(28,29)18-10-7-16(8-11-18)22-23-14-21(31-22)15-5-3-2-4-6-15/h2-14,24H,1H3. The van der Waals surface area contributed by atoms with Crippen molar-refractivity contribution in [2.24, 2.45) is 0 Å². The van der Waals surface area contributed by atoms with Crippen LogP contribution in [0.25, 0.3) is 22.8 Å². The molecule has 10 heteroatoms. The number of methoxy groups -OCH3 is 1. The fourth-order valence-corrected chi connectivity index (χ4v) is 4.07. The maximum atomic E-state index is 12.8. The largest absolute Gasteiger partial charge is 0.496 e. The van der Waals surface area contributed by atoms with Gasteiger partial charge in [-0.3, -0.25) is 14.8 Å². The van der Waals surface area contributed by atoms with Gasteiger partial charge >= 0.3 is 0 Å². The Hall–Kier alpha value is -4.18. The summed E-state index contributed by atoms with van der Waals surface area (Å²) in [6, 6.07) is 19.2. The van der Waals surface area contributed by atoms with Crippen molar-refractivity contribution in [2.45, 2.75) is 4.90 Å². The van der Waals surface area contributed by atoms with E-state index in [0.717, 1.165) is 11.6 Å². The van der Waals surface area contributed by atoms with E-state index in [0.29, 0.717) is 17.2 Å². The molecule has 0 spiro atoms. The van der Waals surface area contributed by atoms with Crippen molar-refractivity contribution in [1.29, 1.82) is 0 Å². The van der Waals surface area contributed by atoms with Gasteiger partial charge in [-0.2, -0.15) is 0 Å². The molecule has 0 saturated heterocycles. The molecule has 4 aromatic rings. The van der Waals surface area contributed by atoms with Gasteiger partial charge < -0.3 is 9.15 Å². The zero-order chi connectivity index (χ0) is 22.7. The maximum absolute atomic E-state index is 12.8. The minimum atomic E-state index is -4.07. The zero-order valence-electron chi connectivity index (χ0n) is 16.8. The maximum Gasteiger partial charge on any atom is 0.297 e. The Bertz CT molecular complexity index is 1370. The van der Waals surface area contributed by atoms with Gasteiger partial charge in [-0.25, -0.2) is 13.4 Å². The minimum absolute atomic E-state index is 0.0683. The number of nitrogens with zero attached hydrogens (tertiary/aromatic N) is 2. The molecule has 3 aromatic carbocycles. The molecular formula is C22H17N3O6S. The van der Waals surface area contributed by atoms with Crippen molar-refractivity contribution in [2.75, 3.05) is 11.8 Å². The lowest BCUT2D eigenvalue weighted by molar-refractivity contribution is -0.384. The zero-order valence-corrected chi connectivity index (χ0v) is 17.6. The number of ether oxygens (including phenoxy) is 1. The van der Waals surface area contributed by atoms with Crippen molar-refractivity contribution in [3.8, 4) is 28.5 Å². The molecule has 0 aliphatic heterocycles. The molecule has 1 heterocycles. The molecule has 0 fully saturated rings. The molecule has 32 heavy (non-hydrogen) atoms. The second-order valence-corrected chi connectivity index (χ2v) is 8.35. The summed E-state index contributed by atoms with van der Waals surface area (Å²) in [6.45, 7) is 0. The molecule has 162 valence electrons. The summed E-state index contributed by atoms with van der Waals surface area (Å²) in [5.74, 6) is 1.17. The number of oxazole rings is 1. The SMILES string of the molecule is COc1ccc(NS(=O)(=O)c2ccc(-c3ncc(-c4ccccc4)o3)cc2)c([N+](=O)[O-])c1. The third kappa shape index (κ3) is 4.30. The van der Waals surface area contributed by atoms with E-state index < -0.39 is 20.6 Å². The Morgan fingerprint density at radius 1 is 1.00 bits per heavy atom. The third-order valence-corrected chi connectivity index (χ3v) is 6.00. The van der Waals surface area contributed by atoms with Crippen LogP contribution in [0.15, 0.2) is 88.3 Å². The summed E-state index contributed by atoms with van der Waals surface area (Å²) < 4.78 is 38.5. The number of anilines is 1. The van der Waals surface area contributed by atoms with Crippen LogP contribution in [0.4, 0.5) is 11.4 Å². The van der Waals surface area contributed by atoms with Crippen molar-refractivity contribution < 1.29 is 22.5 Å². The van der Waals surface area contributed by atoms with E-state index in [9.17, 15) is 18.5 Å². The Morgan fingerprint density at radius 2 is 1.72 bits per heavy atom. The van der Waals surface area contributed by atoms with Crippen LogP contribution in [0.1, 0.15) is 0 Å². The molecule has 0 bridgehead atoms. The number of benzene rings is 3. The second kappa shape index (κ2) is 8.52. The van der Waals surface area contributed by atoms with Crippen molar-refractivity contribution >= 4 is 21.4 Å². The first kappa shape index (κ1) is 21.1. The van der Waals surface area contributed by atoms with Gasteiger partial charge in [0.25, 0.3) is 15.7 Å². The Balaban J connectivity index is 1.58. The summed E-state index contributed by atoms with van der Waals surface area (Å²) >= 11 is 0. The van der Waals surface area contributed by atoms with E-state index in [2.05, 4.69) is 9.71 Å². The van der Waals surface area contributed by atoms with E-state index in [1.165, 1.54) is 31.4 Å². The lowest BCUT2D eigenvalue weighted by Gasteiger charge is -2.10. The number of sulfonamides is 1. The number of nitro benzene ring substituents is 1. The number of aromatic nitrogens is 1. The van der Waals surface area contributed by atoms with Crippen molar-refractivity contribution in [3.05, 3.63) is 89.1 Å². The summed E-state index contributed by atoms with van der Waals surface area (Å²) in [5.41, 5.74) is 0.871. The highest BCUT2D eigenvalue weighted by atomic mass is 32.2. The number of rotatable bonds is 7. The van der Waals surface area contributed by atoms with Gasteiger partial charge in [-0.15, -0.1) is 0 Å². The highest BCUT2D eigenvalue weighted by Crippen LogP contribution is 2.31. The van der Waals surface area contributed by atoms with Gasteiger partial charge in [0.15, 0.2) is 5.76 Å². The molecule has 0 amide bonds. The monoisotopic (exact) mass is 451 g/mol. The summed E-state index contributed by atoms with van der Waals surface area (Å²) in [7, 11) is -2.71. The van der Waals surface area contributed by atoms with Crippen LogP contribution in [0.5, 0.6) is 5.75 Å². The molecular weight excluding hydrogens is 434 g/mol. The van der Waals surface area contributed by atoms with E-state index >= 15 is 0 Å². The number of nitro groups is 1. The quantitative estimate of drug-likeness (QED) is 0.318. The van der Waals surface area contributed by atoms with Crippen LogP contribution in [0.3, 0.4) is 0 Å². The average Bonchev–Trinajstić information content (AvgIpc) is 3.30. The Morgan fingerprint density at radius 3 is 2.38 bits per heavy atom. The Labute approximate surface area is 183 Å². The van der Waals surface area contributed by atoms with Gasteiger partial charge in [0.05, 0.1) is 29.2 Å². The summed E-state index contributed by atoms with van der Waals surface area (Å²) in [6.07, 6.45) is 1.60. The van der Waals surface area contributed by atoms with Gasteiger partial charge in [0, 0.05) is 11.1 Å². The first-order valence-corrected chi connectivity index (χ1v) is 10.8. The fraction of sp³-hybridized carbons (Fsp3) is 0.0455. The van der Waals surface area contributed by atoms with Gasteiger partial charge in [0.2, 0.25) is 5.89 Å². The van der Waals surface area contributed by atoms with Crippen LogP contribution in [0.2, 0.25) is 0 Å². The van der Waals surface area contributed by atoms with Crippen molar-refractivity contribution in [1.82, 2.24) is 4.98 Å². The molecule has 4 rings (SSSR count). The smallest absolute Gasteiger partial charge is 0.297 e. The van der Waals surface area contributed by atoms with Gasteiger partial charge in [0.1, 0.15) is 11.4 Å². The van der Waals surface area contributed by atoms with Crippen LogP contribution in [0, 0.1) is 10.1 Å². The third-order valence-electron chi connectivity index (χ3n) is 4.62. The highest BCUT2D eigenvalue weighted by Gasteiger charge is 2.22. The van der Waals surface area contributed by atoms with Crippen LogP contribution < -0.4 is 9.46 Å². The van der Waals surface area contributed by atoms with Crippen LogP contribution in [-0.2, 0) is 10.0 Å². The van der Waals surface area contributed by atoms with E-state index in [1.807, 2.05) is 30.3 Å². The molecule has 0 aliphatic rings. The molecule has 0 saturated carbocycles. The summed E-state index contributed by atoms with van der Waals surface area (Å²) in [4.78, 5) is 14.8. The average molecular weight is 451 g/mol. The molecule has 0 radical (unpaired) electrons. The summed E-state index contributed by atoms with van der Waals surface area (Å²) in [5, 5.41) is 11.3. The molecule has 1 aromatic heterocycles. The number of hydrogen-bond donors (Lipinski definition) is 1. The molecule has 0 unspecified atom stereocenters. The van der Waals surface area contributed by atoms with Crippen LogP contribution in [-0.4, -0.2) is 25.4 Å². The lowest BCUT2D eigenvalue weighted by Crippen LogP contribution is -2.14. The fourth-order valence-electron chi connectivity index (χ4n) is 3.00. The molecule has 0 atom stereocenters. The van der Waals surface area contributed by atoms with E-state index in [1.54, 1.807) is 18.3 Å². The molecule has 1 N–H and O–H groups in total. The van der Waals surface area contributed by atoms with E-state index in [4.69, 9.17) is 9.15 Å². The minimum Gasteiger partial charge on any atom is -0.496 e. The molecule has 9 nitrogen and oxygen atoms in total. The van der Waals surface area contributed by atoms with Gasteiger partial charge in [-0.05, 0) is 36.4 Å². The first-order chi connectivity index (χ1) is 15.4. The topological polar surface area (TPSA) is 125 Å². The Kier molecular flexibility index (Phi) is 5.61. The predicted molar refractivity (Wildman–Crippen MR) is 118 cm³/mol. The normalized spacial score (nSPS) is 11.2. The highest BCUT2D eigenvalue weighted by molar-refractivity contribution is 7.92. The van der Waals surface area contributed by atoms with Crippen molar-refractivity contribution in [3.63, 3.8) is 0 Å².